The molecule has 2 aliphatic heterocycles. The molecule has 2 heterocycles. The fraction of sp³-hybridized carbons (Fsp3) is 0.619. The van der Waals surface area contributed by atoms with Gasteiger partial charge in [-0.3, -0.25) is 28.8 Å². The molecule has 188 valence electrons. The molecule has 13 nitrogen and oxygen atoms in total. The second-order valence-electron chi connectivity index (χ2n) is 7.27. The van der Waals surface area contributed by atoms with Crippen LogP contribution in [0.5, 0.6) is 0 Å². The number of hydrogen-bond donors (Lipinski definition) is 0. The molecule has 0 N–H and O–H groups in total. The van der Waals surface area contributed by atoms with E-state index in [9.17, 15) is 38.4 Å². The summed E-state index contributed by atoms with van der Waals surface area (Å²) in [6.45, 7) is 1.75. The highest BCUT2D eigenvalue weighted by Gasteiger charge is 2.33. The zero-order chi connectivity index (χ0) is 25.7. The van der Waals surface area contributed by atoms with Crippen LogP contribution in [0.25, 0.3) is 0 Å². The highest BCUT2D eigenvalue weighted by molar-refractivity contribution is 6.02. The van der Waals surface area contributed by atoms with Crippen LogP contribution in [0.2, 0.25) is 0 Å². The second kappa shape index (κ2) is 14.5. The van der Waals surface area contributed by atoms with Gasteiger partial charge in [-0.05, 0) is 12.8 Å². The molecule has 0 aliphatic carbocycles. The molecule has 13 heteroatoms. The summed E-state index contributed by atoms with van der Waals surface area (Å²) in [7, 11) is 1.25. The first-order valence-corrected chi connectivity index (χ1v) is 10.8. The molecule has 2 aliphatic rings. The molecule has 0 unspecified atom stereocenters. The Kier molecular flexibility index (Phi) is 12.1. The summed E-state index contributed by atoms with van der Waals surface area (Å²) < 4.78 is 4.39. The van der Waals surface area contributed by atoms with Crippen LogP contribution >= 0.6 is 0 Å². The van der Waals surface area contributed by atoms with Crippen LogP contribution in [0.3, 0.4) is 0 Å². The molecule has 0 saturated carbocycles. The van der Waals surface area contributed by atoms with E-state index in [0.717, 1.165) is 0 Å². The van der Waals surface area contributed by atoms with E-state index in [1.165, 1.54) is 7.11 Å². The molecular weight excluding hydrogens is 456 g/mol. The van der Waals surface area contributed by atoms with Gasteiger partial charge in [0.1, 0.15) is 5.78 Å². The van der Waals surface area contributed by atoms with Gasteiger partial charge in [0.25, 0.3) is 23.6 Å². The monoisotopic (exact) mass is 484 g/mol. The van der Waals surface area contributed by atoms with Crippen molar-refractivity contribution in [1.29, 1.82) is 0 Å². The number of rotatable bonds is 11. The van der Waals surface area contributed by atoms with Crippen LogP contribution in [-0.4, -0.2) is 64.6 Å². The van der Waals surface area contributed by atoms with E-state index in [1.807, 2.05) is 0 Å². The summed E-state index contributed by atoms with van der Waals surface area (Å²) in [6.07, 6.45) is 1.75. The molecule has 0 bridgehead atoms. The highest BCUT2D eigenvalue weighted by Crippen LogP contribution is 2.14. The van der Waals surface area contributed by atoms with E-state index < -0.39 is 41.5 Å². The minimum absolute atomic E-state index is 0.0306. The lowest BCUT2D eigenvalue weighted by Gasteiger charge is -2.12. The third-order valence-corrected chi connectivity index (χ3v) is 4.62. The standard InChI is InChI=1S/C11H15NO5.C10H13NO6/c1-2-8(13)4-3-5-11(16)17-12-9(14)6-7-10(12)15;1-16-9(14)3-2-4-10(15)17-11-7(12)5-6-8(11)13/h2-7H2,1H3;2-6H2,1H3. The van der Waals surface area contributed by atoms with Crippen LogP contribution in [0.1, 0.15) is 77.6 Å². The predicted molar refractivity (Wildman–Crippen MR) is 109 cm³/mol. The van der Waals surface area contributed by atoms with Gasteiger partial charge in [-0.15, -0.1) is 10.1 Å². The van der Waals surface area contributed by atoms with Gasteiger partial charge >= 0.3 is 17.9 Å². The Morgan fingerprint density at radius 1 is 0.647 bits per heavy atom. The average molecular weight is 484 g/mol. The summed E-state index contributed by atoms with van der Waals surface area (Å²) in [5.74, 6) is -3.74. The summed E-state index contributed by atoms with van der Waals surface area (Å²) >= 11 is 0. The van der Waals surface area contributed by atoms with Crippen LogP contribution in [-0.2, 0) is 52.8 Å². The first kappa shape index (κ1) is 28.4. The van der Waals surface area contributed by atoms with Crippen molar-refractivity contribution in [3.8, 4) is 0 Å². The van der Waals surface area contributed by atoms with Gasteiger partial charge in [-0.1, -0.05) is 6.92 Å². The van der Waals surface area contributed by atoms with Gasteiger partial charge in [0, 0.05) is 57.8 Å². The Bertz CT molecular complexity index is 737. The zero-order valence-corrected chi connectivity index (χ0v) is 19.2. The van der Waals surface area contributed by atoms with E-state index in [0.29, 0.717) is 29.4 Å². The van der Waals surface area contributed by atoms with E-state index in [2.05, 4.69) is 14.4 Å². The third kappa shape index (κ3) is 9.88. The molecule has 2 saturated heterocycles. The van der Waals surface area contributed by atoms with E-state index in [1.54, 1.807) is 6.92 Å². The molecule has 4 amide bonds. The second-order valence-corrected chi connectivity index (χ2v) is 7.27. The minimum Gasteiger partial charge on any atom is -0.469 e. The Balaban J connectivity index is 0.000000340. The van der Waals surface area contributed by atoms with Crippen molar-refractivity contribution in [1.82, 2.24) is 10.1 Å². The number of nitrogens with zero attached hydrogens (tertiary/aromatic N) is 2. The predicted octanol–water partition coefficient (Wildman–Crippen LogP) is 0.680. The fourth-order valence-electron chi connectivity index (χ4n) is 2.70. The number of carbonyl (C=O) groups is 8. The number of hydrogen-bond acceptors (Lipinski definition) is 11. The Morgan fingerprint density at radius 3 is 1.35 bits per heavy atom. The molecule has 0 aromatic carbocycles. The fourth-order valence-corrected chi connectivity index (χ4v) is 2.70. The quantitative estimate of drug-likeness (QED) is 0.298. The molecular formula is C21H28N2O11. The topological polar surface area (TPSA) is 171 Å². The normalized spacial score (nSPS) is 15.1. The van der Waals surface area contributed by atoms with Crippen LogP contribution < -0.4 is 0 Å². The Labute approximate surface area is 195 Å². The number of esters is 1. The van der Waals surface area contributed by atoms with Gasteiger partial charge < -0.3 is 14.4 Å². The highest BCUT2D eigenvalue weighted by atomic mass is 16.7. The van der Waals surface area contributed by atoms with Gasteiger partial charge in [-0.25, -0.2) is 9.59 Å². The molecule has 0 atom stereocenters. The smallest absolute Gasteiger partial charge is 0.333 e. The largest absolute Gasteiger partial charge is 0.469 e. The molecule has 0 aromatic heterocycles. The summed E-state index contributed by atoms with van der Waals surface area (Å²) in [5.41, 5.74) is 0. The lowest BCUT2D eigenvalue weighted by molar-refractivity contribution is -0.197. The third-order valence-electron chi connectivity index (χ3n) is 4.62. The van der Waals surface area contributed by atoms with Gasteiger partial charge in [-0.2, -0.15) is 0 Å². The van der Waals surface area contributed by atoms with Gasteiger partial charge in [0.15, 0.2) is 0 Å². The van der Waals surface area contributed by atoms with Crippen LogP contribution in [0.4, 0.5) is 0 Å². The number of ketones is 1. The van der Waals surface area contributed by atoms with Crippen molar-refractivity contribution in [3.63, 3.8) is 0 Å². The number of ether oxygens (including phenoxy) is 1. The molecule has 2 rings (SSSR count). The molecule has 2 fully saturated rings. The van der Waals surface area contributed by atoms with Gasteiger partial charge in [0.05, 0.1) is 7.11 Å². The van der Waals surface area contributed by atoms with Crippen molar-refractivity contribution in [2.75, 3.05) is 7.11 Å². The average Bonchev–Trinajstić information content (AvgIpc) is 3.29. The van der Waals surface area contributed by atoms with Crippen molar-refractivity contribution in [2.45, 2.75) is 77.6 Å². The summed E-state index contributed by atoms with van der Waals surface area (Å²) in [6, 6.07) is 0. The SMILES string of the molecule is CCC(=O)CCCC(=O)ON1C(=O)CCC1=O.COC(=O)CCCC(=O)ON1C(=O)CCC1=O. The number of methoxy groups -OCH3 is 1. The maximum absolute atomic E-state index is 11.3. The molecule has 0 aromatic rings. The van der Waals surface area contributed by atoms with Crippen molar-refractivity contribution in [2.24, 2.45) is 0 Å². The number of hydroxylamine groups is 4. The first-order valence-electron chi connectivity index (χ1n) is 10.8. The zero-order valence-electron chi connectivity index (χ0n) is 19.2. The van der Waals surface area contributed by atoms with Gasteiger partial charge in [0.2, 0.25) is 0 Å². The van der Waals surface area contributed by atoms with E-state index >= 15 is 0 Å². The Hall–Kier alpha value is -3.64. The van der Waals surface area contributed by atoms with E-state index in [-0.39, 0.29) is 57.1 Å². The number of carbonyl (C=O) groups excluding carboxylic acids is 8. The lowest BCUT2D eigenvalue weighted by atomic mass is 10.1. The van der Waals surface area contributed by atoms with Crippen LogP contribution in [0.15, 0.2) is 0 Å². The number of amides is 4. The molecule has 0 spiro atoms. The number of Topliss-reactive ketones (excluding diaryl/α,β-unsaturated/α-hetero) is 1. The van der Waals surface area contributed by atoms with Crippen molar-refractivity contribution in [3.05, 3.63) is 0 Å². The maximum Gasteiger partial charge on any atom is 0.333 e. The van der Waals surface area contributed by atoms with Crippen molar-refractivity contribution >= 4 is 47.3 Å². The van der Waals surface area contributed by atoms with E-state index in [4.69, 9.17) is 0 Å². The first-order chi connectivity index (χ1) is 16.1. The summed E-state index contributed by atoms with van der Waals surface area (Å²) in [5, 5.41) is 1.00. The Morgan fingerprint density at radius 2 is 1.00 bits per heavy atom. The molecule has 34 heavy (non-hydrogen) atoms. The van der Waals surface area contributed by atoms with Crippen LogP contribution in [0, 0.1) is 0 Å². The van der Waals surface area contributed by atoms with Crippen molar-refractivity contribution < 1.29 is 52.8 Å². The minimum atomic E-state index is -0.711. The maximum atomic E-state index is 11.3. The number of imide groups is 2. The lowest BCUT2D eigenvalue weighted by Crippen LogP contribution is -2.32. The summed E-state index contributed by atoms with van der Waals surface area (Å²) in [4.78, 5) is 97.9. The molecule has 0 radical (unpaired) electrons.